The summed E-state index contributed by atoms with van der Waals surface area (Å²) < 4.78 is 37.5. The molecule has 0 radical (unpaired) electrons. The summed E-state index contributed by atoms with van der Waals surface area (Å²) in [5.74, 6) is -0.903. The maximum Gasteiger partial charge on any atom is 0.262 e. The van der Waals surface area contributed by atoms with E-state index in [-0.39, 0.29) is 51.4 Å². The SMILES string of the molecule is O=C(COc1ccc(S(=O)(=O)N2CCOCC2)cc1)Nc1cc2c(cc1Cl)C(=O)c1ccccc1C2=O. The molecule has 2 aliphatic rings. The van der Waals surface area contributed by atoms with E-state index in [9.17, 15) is 22.8 Å². The second-order valence-corrected chi connectivity index (χ2v) is 10.8. The number of sulfonamides is 1. The molecule has 1 N–H and O–H groups in total. The average molecular weight is 541 g/mol. The van der Waals surface area contributed by atoms with E-state index in [1.807, 2.05) is 0 Å². The predicted octanol–water partition coefficient (Wildman–Crippen LogP) is 3.15. The van der Waals surface area contributed by atoms with Crippen LogP contribution in [-0.4, -0.2) is 63.1 Å². The molecule has 11 heteroatoms. The molecule has 0 unspecified atom stereocenters. The van der Waals surface area contributed by atoms with E-state index in [4.69, 9.17) is 21.1 Å². The molecular formula is C26H21ClN2O7S. The van der Waals surface area contributed by atoms with Gasteiger partial charge >= 0.3 is 0 Å². The Bertz CT molecular complexity index is 1510. The Morgan fingerprint density at radius 3 is 2.14 bits per heavy atom. The first kappa shape index (κ1) is 25.1. The second kappa shape index (κ2) is 10.1. The molecule has 0 aromatic heterocycles. The molecule has 0 bridgehead atoms. The average Bonchev–Trinajstić information content (AvgIpc) is 2.92. The zero-order chi connectivity index (χ0) is 26.2. The van der Waals surface area contributed by atoms with Gasteiger partial charge in [0.1, 0.15) is 5.75 Å². The van der Waals surface area contributed by atoms with E-state index < -0.39 is 22.5 Å². The number of rotatable bonds is 6. The van der Waals surface area contributed by atoms with Crippen molar-refractivity contribution in [3.8, 4) is 5.75 Å². The number of hydrogen-bond donors (Lipinski definition) is 1. The van der Waals surface area contributed by atoms with Crippen LogP contribution in [0.1, 0.15) is 31.8 Å². The number of hydrogen-bond acceptors (Lipinski definition) is 7. The Balaban J connectivity index is 1.25. The second-order valence-electron chi connectivity index (χ2n) is 8.41. The summed E-state index contributed by atoms with van der Waals surface area (Å²) in [5, 5.41) is 2.70. The van der Waals surface area contributed by atoms with Crippen LogP contribution < -0.4 is 10.1 Å². The quantitative estimate of drug-likeness (QED) is 0.399. The Morgan fingerprint density at radius 1 is 0.919 bits per heavy atom. The molecule has 1 aliphatic carbocycles. The van der Waals surface area contributed by atoms with Gasteiger partial charge in [-0.25, -0.2) is 8.42 Å². The van der Waals surface area contributed by atoms with Gasteiger partial charge in [0.25, 0.3) is 5.91 Å². The van der Waals surface area contributed by atoms with Gasteiger partial charge < -0.3 is 14.8 Å². The number of nitrogens with zero attached hydrogens (tertiary/aromatic N) is 1. The van der Waals surface area contributed by atoms with Crippen molar-refractivity contribution in [2.45, 2.75) is 4.90 Å². The first-order valence-electron chi connectivity index (χ1n) is 11.4. The van der Waals surface area contributed by atoms with Gasteiger partial charge in [0.15, 0.2) is 18.2 Å². The Morgan fingerprint density at radius 2 is 1.51 bits per heavy atom. The van der Waals surface area contributed by atoms with Crippen molar-refractivity contribution in [3.63, 3.8) is 0 Å². The zero-order valence-corrected chi connectivity index (χ0v) is 21.0. The predicted molar refractivity (Wildman–Crippen MR) is 135 cm³/mol. The topological polar surface area (TPSA) is 119 Å². The number of anilines is 1. The number of ether oxygens (including phenoxy) is 2. The van der Waals surface area contributed by atoms with Crippen LogP contribution in [0.4, 0.5) is 5.69 Å². The van der Waals surface area contributed by atoms with Gasteiger partial charge in [-0.1, -0.05) is 35.9 Å². The van der Waals surface area contributed by atoms with Crippen molar-refractivity contribution < 1.29 is 32.3 Å². The molecule has 37 heavy (non-hydrogen) atoms. The van der Waals surface area contributed by atoms with E-state index in [0.29, 0.717) is 30.1 Å². The monoisotopic (exact) mass is 540 g/mol. The van der Waals surface area contributed by atoms with Crippen molar-refractivity contribution in [2.24, 2.45) is 0 Å². The van der Waals surface area contributed by atoms with Crippen molar-refractivity contribution in [1.29, 1.82) is 0 Å². The first-order chi connectivity index (χ1) is 17.8. The van der Waals surface area contributed by atoms with Gasteiger partial charge in [0.2, 0.25) is 10.0 Å². The number of benzene rings is 3. The van der Waals surface area contributed by atoms with Gasteiger partial charge in [0, 0.05) is 35.3 Å². The van der Waals surface area contributed by atoms with E-state index in [0.717, 1.165) is 0 Å². The number of nitrogens with one attached hydrogen (secondary N) is 1. The van der Waals surface area contributed by atoms with Gasteiger partial charge in [0.05, 0.1) is 28.8 Å². The van der Waals surface area contributed by atoms with Crippen LogP contribution in [0.5, 0.6) is 5.75 Å². The number of carbonyl (C=O) groups is 3. The molecule has 0 atom stereocenters. The van der Waals surface area contributed by atoms with Crippen LogP contribution in [0.25, 0.3) is 0 Å². The Hall–Kier alpha value is -3.57. The highest BCUT2D eigenvalue weighted by Crippen LogP contribution is 2.33. The molecule has 5 rings (SSSR count). The van der Waals surface area contributed by atoms with Gasteiger partial charge in [-0.2, -0.15) is 4.31 Å². The van der Waals surface area contributed by atoms with Crippen molar-refractivity contribution in [2.75, 3.05) is 38.2 Å². The summed E-state index contributed by atoms with van der Waals surface area (Å²) in [6, 6.07) is 15.0. The molecule has 1 aliphatic heterocycles. The summed E-state index contributed by atoms with van der Waals surface area (Å²) in [5.41, 5.74) is 1.10. The fourth-order valence-electron chi connectivity index (χ4n) is 4.19. The van der Waals surface area contributed by atoms with Gasteiger partial charge in [-0.05, 0) is 36.4 Å². The molecule has 1 fully saturated rings. The van der Waals surface area contributed by atoms with Crippen LogP contribution in [0.2, 0.25) is 5.02 Å². The first-order valence-corrected chi connectivity index (χ1v) is 13.2. The van der Waals surface area contributed by atoms with Gasteiger partial charge in [-0.3, -0.25) is 14.4 Å². The summed E-state index contributed by atoms with van der Waals surface area (Å²) in [6.07, 6.45) is 0. The molecule has 3 aromatic carbocycles. The molecular weight excluding hydrogens is 520 g/mol. The number of morpholine rings is 1. The normalized spacial score (nSPS) is 15.6. The van der Waals surface area contributed by atoms with Crippen molar-refractivity contribution in [1.82, 2.24) is 4.31 Å². The fourth-order valence-corrected chi connectivity index (χ4v) is 5.81. The minimum atomic E-state index is -3.64. The van der Waals surface area contributed by atoms with Crippen LogP contribution >= 0.6 is 11.6 Å². The standard InChI is InChI=1S/C26H21ClN2O7S/c27-22-13-20-21(26(32)19-4-2-1-3-18(19)25(20)31)14-23(22)28-24(30)15-36-16-5-7-17(8-6-16)37(33,34)29-9-11-35-12-10-29/h1-8,13-14H,9-12,15H2,(H,28,30). The van der Waals surface area contributed by atoms with Crippen molar-refractivity contribution in [3.05, 3.63) is 87.9 Å². The highest BCUT2D eigenvalue weighted by Gasteiger charge is 2.31. The fraction of sp³-hybridized carbons (Fsp3) is 0.192. The minimum absolute atomic E-state index is 0.102. The molecule has 1 amide bonds. The zero-order valence-electron chi connectivity index (χ0n) is 19.4. The number of amides is 1. The van der Waals surface area contributed by atoms with Crippen LogP contribution in [-0.2, 0) is 19.6 Å². The third kappa shape index (κ3) is 4.88. The lowest BCUT2D eigenvalue weighted by Crippen LogP contribution is -2.40. The van der Waals surface area contributed by atoms with Crippen LogP contribution in [0.15, 0.2) is 65.6 Å². The Kier molecular flexibility index (Phi) is 6.82. The highest BCUT2D eigenvalue weighted by molar-refractivity contribution is 7.89. The third-order valence-corrected chi connectivity index (χ3v) is 8.31. The number of fused-ring (bicyclic) bond motifs is 2. The number of carbonyl (C=O) groups excluding carboxylic acids is 3. The van der Waals surface area contributed by atoms with E-state index in [1.54, 1.807) is 24.3 Å². The minimum Gasteiger partial charge on any atom is -0.484 e. The summed E-state index contributed by atoms with van der Waals surface area (Å²) in [4.78, 5) is 38.4. The molecule has 0 spiro atoms. The molecule has 0 saturated carbocycles. The molecule has 9 nitrogen and oxygen atoms in total. The molecule has 190 valence electrons. The number of halogens is 1. The summed E-state index contributed by atoms with van der Waals surface area (Å²) >= 11 is 6.30. The van der Waals surface area contributed by atoms with Gasteiger partial charge in [-0.15, -0.1) is 0 Å². The third-order valence-electron chi connectivity index (χ3n) is 6.09. The summed E-state index contributed by atoms with van der Waals surface area (Å²) in [6.45, 7) is 0.887. The molecule has 3 aromatic rings. The summed E-state index contributed by atoms with van der Waals surface area (Å²) in [7, 11) is -3.64. The number of ketones is 2. The van der Waals surface area contributed by atoms with Crippen LogP contribution in [0.3, 0.4) is 0 Å². The lowest BCUT2D eigenvalue weighted by molar-refractivity contribution is -0.118. The van der Waals surface area contributed by atoms with Crippen molar-refractivity contribution >= 4 is 44.8 Å². The molecule has 1 saturated heterocycles. The Labute approximate surface area is 218 Å². The lowest BCUT2D eigenvalue weighted by atomic mass is 9.84. The smallest absolute Gasteiger partial charge is 0.262 e. The van der Waals surface area contributed by atoms with Crippen LogP contribution in [0, 0.1) is 0 Å². The maximum absolute atomic E-state index is 12.9. The van der Waals surface area contributed by atoms with E-state index in [1.165, 1.54) is 40.7 Å². The largest absolute Gasteiger partial charge is 0.484 e. The van der Waals surface area contributed by atoms with E-state index >= 15 is 0 Å². The lowest BCUT2D eigenvalue weighted by Gasteiger charge is -2.26. The highest BCUT2D eigenvalue weighted by atomic mass is 35.5. The maximum atomic E-state index is 12.9. The van der Waals surface area contributed by atoms with E-state index in [2.05, 4.69) is 5.32 Å². The molecule has 1 heterocycles.